The molecule has 0 bridgehead atoms. The SMILES string of the molecule is N=C1C=C(C(=O)O)C=C/C1=C1\CC[C@@H]2[C@H](N1)[C@@H](c1cccc(Cl)c1F)[C@@]1(C(=O)Nc3cc(Cl)ccc31)N2CC1CC1. The van der Waals surface area contributed by atoms with Crippen LogP contribution < -0.4 is 10.6 Å². The summed E-state index contributed by atoms with van der Waals surface area (Å²) in [6.07, 6.45) is 7.91. The fourth-order valence-corrected chi connectivity index (χ4v) is 7.63. The smallest absolute Gasteiger partial charge is 0.335 e. The van der Waals surface area contributed by atoms with E-state index in [0.717, 1.165) is 24.1 Å². The van der Waals surface area contributed by atoms with Gasteiger partial charge in [-0.1, -0.05) is 47.5 Å². The lowest BCUT2D eigenvalue weighted by Crippen LogP contribution is -2.53. The van der Waals surface area contributed by atoms with Crippen molar-refractivity contribution in [1.82, 2.24) is 10.2 Å². The molecule has 2 aromatic carbocycles. The predicted molar refractivity (Wildman–Crippen MR) is 155 cm³/mol. The maximum atomic E-state index is 16.0. The number of carbonyl (C=O) groups excluding carboxylic acids is 1. The number of carboxylic acid groups (broad SMARTS) is 1. The monoisotopic (exact) mass is 592 g/mol. The van der Waals surface area contributed by atoms with Crippen molar-refractivity contribution in [3.05, 3.63) is 98.5 Å². The molecule has 41 heavy (non-hydrogen) atoms. The average molecular weight is 593 g/mol. The molecule has 210 valence electrons. The van der Waals surface area contributed by atoms with Gasteiger partial charge in [-0.05, 0) is 67.5 Å². The molecule has 1 amide bonds. The molecule has 7 nitrogen and oxygen atoms in total. The summed E-state index contributed by atoms with van der Waals surface area (Å²) >= 11 is 12.7. The highest BCUT2D eigenvalue weighted by molar-refractivity contribution is 6.31. The molecular weight excluding hydrogens is 566 g/mol. The van der Waals surface area contributed by atoms with Crippen molar-refractivity contribution in [3.63, 3.8) is 0 Å². The highest BCUT2D eigenvalue weighted by Crippen LogP contribution is 2.60. The van der Waals surface area contributed by atoms with Crippen molar-refractivity contribution in [2.24, 2.45) is 5.92 Å². The van der Waals surface area contributed by atoms with Gasteiger partial charge in [0.15, 0.2) is 0 Å². The number of halogens is 3. The second kappa shape index (κ2) is 9.54. The van der Waals surface area contributed by atoms with E-state index in [9.17, 15) is 14.7 Å². The number of piperidine rings is 1. The first-order valence-electron chi connectivity index (χ1n) is 13.7. The maximum absolute atomic E-state index is 16.0. The average Bonchev–Trinajstić information content (AvgIpc) is 3.66. The second-order valence-electron chi connectivity index (χ2n) is 11.4. The van der Waals surface area contributed by atoms with Gasteiger partial charge in [-0.15, -0.1) is 0 Å². The number of allylic oxidation sites excluding steroid dienone is 4. The molecule has 0 unspecified atom stereocenters. The zero-order valence-corrected chi connectivity index (χ0v) is 23.4. The minimum Gasteiger partial charge on any atom is -0.478 e. The third-order valence-corrected chi connectivity index (χ3v) is 9.68. The molecule has 2 aromatic rings. The number of carbonyl (C=O) groups is 2. The van der Waals surface area contributed by atoms with Gasteiger partial charge in [0.2, 0.25) is 5.91 Å². The van der Waals surface area contributed by atoms with Crippen molar-refractivity contribution < 1.29 is 19.1 Å². The van der Waals surface area contributed by atoms with Crippen molar-refractivity contribution in [3.8, 4) is 0 Å². The number of likely N-dealkylation sites (tertiary alicyclic amines) is 1. The van der Waals surface area contributed by atoms with Crippen molar-refractivity contribution in [1.29, 1.82) is 5.41 Å². The van der Waals surface area contributed by atoms with E-state index in [1.54, 1.807) is 30.3 Å². The van der Waals surface area contributed by atoms with Gasteiger partial charge < -0.3 is 21.1 Å². The van der Waals surface area contributed by atoms with E-state index < -0.39 is 29.3 Å². The molecule has 4 N–H and O–H groups in total. The van der Waals surface area contributed by atoms with Gasteiger partial charge in [0.1, 0.15) is 11.4 Å². The summed E-state index contributed by atoms with van der Waals surface area (Å²) in [7, 11) is 0. The molecule has 7 rings (SSSR count). The largest absolute Gasteiger partial charge is 0.478 e. The summed E-state index contributed by atoms with van der Waals surface area (Å²) in [5, 5.41) is 25.2. The van der Waals surface area contributed by atoms with Crippen LogP contribution in [0.25, 0.3) is 0 Å². The van der Waals surface area contributed by atoms with E-state index in [1.807, 2.05) is 6.07 Å². The van der Waals surface area contributed by atoms with Gasteiger partial charge in [-0.2, -0.15) is 0 Å². The second-order valence-corrected chi connectivity index (χ2v) is 12.3. The van der Waals surface area contributed by atoms with E-state index in [0.29, 0.717) is 47.2 Å². The van der Waals surface area contributed by atoms with E-state index >= 15 is 4.39 Å². The Bertz CT molecular complexity index is 1630. The summed E-state index contributed by atoms with van der Waals surface area (Å²) < 4.78 is 16.0. The van der Waals surface area contributed by atoms with Gasteiger partial charge in [0.25, 0.3) is 0 Å². The standard InChI is InChI=1S/C31H27Cl2FN4O3/c32-17-7-9-20-24(13-17)37-30(41)31(20)26(19-2-1-3-21(33)27(19)34)28-25(38(31)14-15-4-5-15)11-10-23(36-28)18-8-6-16(29(39)40)12-22(18)35/h1-3,6-9,12-13,15,25-26,28,35-36H,4-5,10-11,14H2,(H,37,41)(H,39,40)/b23-18-,35-22?/t25-,26-,28+,31+/m1/s1. The molecular formula is C31H27Cl2FN4O3. The van der Waals surface area contributed by atoms with Crippen molar-refractivity contribution >= 4 is 46.5 Å². The van der Waals surface area contributed by atoms with Gasteiger partial charge in [0.05, 0.1) is 22.3 Å². The molecule has 1 saturated carbocycles. The van der Waals surface area contributed by atoms with E-state index in [2.05, 4.69) is 15.5 Å². The Morgan fingerprint density at radius 3 is 2.71 bits per heavy atom. The third-order valence-electron chi connectivity index (χ3n) is 9.15. The third kappa shape index (κ3) is 3.99. The molecule has 0 radical (unpaired) electrons. The number of anilines is 1. The Kier molecular flexibility index (Phi) is 6.15. The number of benzene rings is 2. The van der Waals surface area contributed by atoms with E-state index in [4.69, 9.17) is 28.6 Å². The van der Waals surface area contributed by atoms with Gasteiger partial charge in [-0.3, -0.25) is 9.69 Å². The normalized spacial score (nSPS) is 30.6. The number of hydrogen-bond acceptors (Lipinski definition) is 5. The molecule has 2 aliphatic carbocycles. The first-order valence-corrected chi connectivity index (χ1v) is 14.5. The lowest BCUT2D eigenvalue weighted by atomic mass is 9.72. The van der Waals surface area contributed by atoms with E-state index in [-0.39, 0.29) is 28.3 Å². The highest BCUT2D eigenvalue weighted by atomic mass is 35.5. The number of nitrogens with one attached hydrogen (secondary N) is 3. The summed E-state index contributed by atoms with van der Waals surface area (Å²) in [5.74, 6) is -2.07. The van der Waals surface area contributed by atoms with Gasteiger partial charge in [-0.25, -0.2) is 9.18 Å². The maximum Gasteiger partial charge on any atom is 0.335 e. The number of aliphatic carboxylic acids is 1. The first kappa shape index (κ1) is 26.4. The number of rotatable bonds is 4. The Hall–Kier alpha value is -3.46. The van der Waals surface area contributed by atoms with Crippen LogP contribution in [0.2, 0.25) is 10.0 Å². The molecule has 3 aliphatic heterocycles. The zero-order chi connectivity index (χ0) is 28.6. The van der Waals surface area contributed by atoms with Crippen LogP contribution in [0.5, 0.6) is 0 Å². The van der Waals surface area contributed by atoms with Crippen LogP contribution in [-0.4, -0.2) is 46.2 Å². The summed E-state index contributed by atoms with van der Waals surface area (Å²) in [5.41, 5.74) is 2.04. The van der Waals surface area contributed by atoms with Gasteiger partial charge >= 0.3 is 5.97 Å². The van der Waals surface area contributed by atoms with Crippen LogP contribution in [0, 0.1) is 17.1 Å². The molecule has 10 heteroatoms. The molecule has 2 saturated heterocycles. The number of amides is 1. The topological polar surface area (TPSA) is 106 Å². The molecule has 3 heterocycles. The number of hydrogen-bond donors (Lipinski definition) is 4. The van der Waals surface area contributed by atoms with Crippen LogP contribution in [0.15, 0.2) is 71.5 Å². The first-order chi connectivity index (χ1) is 19.7. The van der Waals surface area contributed by atoms with Crippen LogP contribution >= 0.6 is 23.2 Å². The fourth-order valence-electron chi connectivity index (χ4n) is 7.27. The van der Waals surface area contributed by atoms with Crippen LogP contribution in [0.3, 0.4) is 0 Å². The zero-order valence-electron chi connectivity index (χ0n) is 21.9. The Balaban J connectivity index is 1.42. The predicted octanol–water partition coefficient (Wildman–Crippen LogP) is 5.76. The molecule has 3 fully saturated rings. The fraction of sp³-hybridized carbons (Fsp3) is 0.323. The highest BCUT2D eigenvalue weighted by Gasteiger charge is 2.68. The van der Waals surface area contributed by atoms with Gasteiger partial charge in [0, 0.05) is 46.0 Å². The van der Waals surface area contributed by atoms with Crippen molar-refractivity contribution in [2.75, 3.05) is 11.9 Å². The number of fused-ring (bicyclic) bond motifs is 3. The van der Waals surface area contributed by atoms with Crippen LogP contribution in [-0.2, 0) is 15.1 Å². The molecule has 4 atom stereocenters. The van der Waals surface area contributed by atoms with Crippen LogP contribution in [0.4, 0.5) is 10.1 Å². The van der Waals surface area contributed by atoms with Crippen LogP contribution in [0.1, 0.15) is 42.7 Å². The summed E-state index contributed by atoms with van der Waals surface area (Å²) in [6.45, 7) is 0.698. The van der Waals surface area contributed by atoms with E-state index in [1.165, 1.54) is 18.2 Å². The minimum atomic E-state index is -1.21. The molecule has 0 aromatic heterocycles. The Morgan fingerprint density at radius 1 is 1.17 bits per heavy atom. The quantitative estimate of drug-likeness (QED) is 0.361. The Morgan fingerprint density at radius 2 is 1.98 bits per heavy atom. The number of nitrogens with zero attached hydrogens (tertiary/aromatic N) is 1. The molecule has 1 spiro atoms. The van der Waals surface area contributed by atoms with Crippen molar-refractivity contribution in [2.45, 2.75) is 49.2 Å². The molecule has 5 aliphatic rings. The lowest BCUT2D eigenvalue weighted by molar-refractivity contribution is -0.132. The summed E-state index contributed by atoms with van der Waals surface area (Å²) in [4.78, 5) is 28.1. The Labute approximate surface area is 246 Å². The lowest BCUT2D eigenvalue weighted by Gasteiger charge is -2.40. The minimum absolute atomic E-state index is 0.0118. The number of carboxylic acids is 1. The summed E-state index contributed by atoms with van der Waals surface area (Å²) in [6, 6.07) is 9.81.